The van der Waals surface area contributed by atoms with Gasteiger partial charge in [-0.2, -0.15) is 4.98 Å². The lowest BCUT2D eigenvalue weighted by Crippen LogP contribution is -2.15. The van der Waals surface area contributed by atoms with Gasteiger partial charge in [0.1, 0.15) is 0 Å². The molecule has 0 aliphatic carbocycles. The summed E-state index contributed by atoms with van der Waals surface area (Å²) in [6.07, 6.45) is 0. The van der Waals surface area contributed by atoms with E-state index < -0.39 is 7.60 Å². The summed E-state index contributed by atoms with van der Waals surface area (Å²) in [6, 6.07) is 13.8. The summed E-state index contributed by atoms with van der Waals surface area (Å²) >= 11 is 0. The van der Waals surface area contributed by atoms with Gasteiger partial charge in [-0.15, -0.1) is 0 Å². The molecule has 0 saturated heterocycles. The van der Waals surface area contributed by atoms with Crippen molar-refractivity contribution in [3.8, 4) is 11.5 Å². The first-order valence-electron chi connectivity index (χ1n) is 8.19. The second-order valence-electron chi connectivity index (χ2n) is 5.28. The van der Waals surface area contributed by atoms with Gasteiger partial charge in [0, 0.05) is 12.6 Å². The Morgan fingerprint density at radius 1 is 1.08 bits per heavy atom. The molecule has 0 amide bonds. The van der Waals surface area contributed by atoms with E-state index >= 15 is 0 Å². The number of nitrogens with one attached hydrogen (secondary N) is 1. The largest absolute Gasteiger partial charge is 0.420 e. The van der Waals surface area contributed by atoms with Gasteiger partial charge in [-0.3, -0.25) is 4.57 Å². The summed E-state index contributed by atoms with van der Waals surface area (Å²) in [5, 5.41) is 4.97. The van der Waals surface area contributed by atoms with E-state index in [1.165, 1.54) is 0 Å². The van der Waals surface area contributed by atoms with E-state index in [1.54, 1.807) is 20.9 Å². The van der Waals surface area contributed by atoms with Crippen LogP contribution < -0.4 is 10.8 Å². The third kappa shape index (κ3) is 3.33. The maximum Gasteiger partial charge on any atom is 0.385 e. The Morgan fingerprint density at radius 2 is 1.76 bits per heavy atom. The molecule has 0 radical (unpaired) electrons. The summed E-state index contributed by atoms with van der Waals surface area (Å²) < 4.78 is 29.8. The Morgan fingerprint density at radius 3 is 2.44 bits per heavy atom. The third-order valence-corrected chi connectivity index (χ3v) is 5.73. The van der Waals surface area contributed by atoms with E-state index in [4.69, 9.17) is 13.5 Å². The SMILES string of the molecule is CCOP(=O)(OCC)c1nc(-c2cccc3ccccc23)oc1NC. The van der Waals surface area contributed by atoms with Gasteiger partial charge in [0.2, 0.25) is 17.2 Å². The molecule has 1 aromatic heterocycles. The highest BCUT2D eigenvalue weighted by molar-refractivity contribution is 7.62. The van der Waals surface area contributed by atoms with Gasteiger partial charge in [0.15, 0.2) is 0 Å². The van der Waals surface area contributed by atoms with Crippen LogP contribution in [0.3, 0.4) is 0 Å². The highest BCUT2D eigenvalue weighted by atomic mass is 31.2. The number of fused-ring (bicyclic) bond motifs is 1. The number of hydrogen-bond donors (Lipinski definition) is 1. The van der Waals surface area contributed by atoms with Crippen LogP contribution in [0.4, 0.5) is 5.88 Å². The second-order valence-corrected chi connectivity index (χ2v) is 7.22. The molecule has 0 aliphatic rings. The molecular weight excluding hydrogens is 339 g/mol. The summed E-state index contributed by atoms with van der Waals surface area (Å²) in [6.45, 7) is 4.01. The van der Waals surface area contributed by atoms with Gasteiger partial charge in [0.25, 0.3) is 0 Å². The van der Waals surface area contributed by atoms with Crippen molar-refractivity contribution in [1.82, 2.24) is 4.98 Å². The summed E-state index contributed by atoms with van der Waals surface area (Å²) in [5.41, 5.74) is 0.988. The summed E-state index contributed by atoms with van der Waals surface area (Å²) in [7, 11) is -1.87. The minimum Gasteiger partial charge on any atom is -0.420 e. The van der Waals surface area contributed by atoms with E-state index in [9.17, 15) is 4.57 Å². The fraction of sp³-hybridized carbons (Fsp3) is 0.278. The van der Waals surface area contributed by atoms with Crippen LogP contribution in [0.5, 0.6) is 0 Å². The Hall–Kier alpha value is -2.14. The molecule has 0 unspecified atom stereocenters. The van der Waals surface area contributed by atoms with E-state index in [0.717, 1.165) is 16.3 Å². The van der Waals surface area contributed by atoms with E-state index in [0.29, 0.717) is 5.89 Å². The van der Waals surface area contributed by atoms with Gasteiger partial charge in [-0.25, -0.2) is 0 Å². The van der Waals surface area contributed by atoms with Crippen molar-refractivity contribution >= 4 is 29.7 Å². The van der Waals surface area contributed by atoms with Gasteiger partial charge in [0.05, 0.1) is 13.2 Å². The average Bonchev–Trinajstić information content (AvgIpc) is 3.07. The molecule has 25 heavy (non-hydrogen) atoms. The van der Waals surface area contributed by atoms with Crippen LogP contribution in [-0.2, 0) is 13.6 Å². The second kappa shape index (κ2) is 7.40. The minimum atomic E-state index is -3.55. The molecule has 0 spiro atoms. The standard InChI is InChI=1S/C18H21N2O4P/c1-4-22-25(21,23-5-2)18-17(19-3)24-16(20-18)15-12-8-10-13-9-6-7-11-14(13)15/h6-12,19H,4-5H2,1-3H3. The molecule has 0 atom stereocenters. The lowest BCUT2D eigenvalue weighted by molar-refractivity contribution is 0.229. The number of nitrogens with zero attached hydrogens (tertiary/aromatic N) is 1. The molecular formula is C18H21N2O4P. The zero-order valence-electron chi connectivity index (χ0n) is 14.5. The molecule has 6 nitrogen and oxygen atoms in total. The molecule has 132 valence electrons. The minimum absolute atomic E-state index is 0.168. The first-order valence-corrected chi connectivity index (χ1v) is 9.73. The van der Waals surface area contributed by atoms with Crippen LogP contribution >= 0.6 is 7.60 Å². The Bertz CT molecular complexity index is 907. The zero-order chi connectivity index (χ0) is 17.9. The van der Waals surface area contributed by atoms with Crippen LogP contribution in [0.1, 0.15) is 13.8 Å². The van der Waals surface area contributed by atoms with Crippen LogP contribution in [0, 0.1) is 0 Å². The molecule has 0 aliphatic heterocycles. The topological polar surface area (TPSA) is 73.6 Å². The van der Waals surface area contributed by atoms with E-state index in [1.807, 2.05) is 42.5 Å². The smallest absolute Gasteiger partial charge is 0.385 e. The van der Waals surface area contributed by atoms with Crippen LogP contribution in [0.2, 0.25) is 0 Å². The molecule has 1 N–H and O–H groups in total. The van der Waals surface area contributed by atoms with Gasteiger partial charge < -0.3 is 18.8 Å². The fourth-order valence-corrected chi connectivity index (χ4v) is 4.31. The average molecular weight is 360 g/mol. The number of rotatable bonds is 7. The maximum absolute atomic E-state index is 13.1. The van der Waals surface area contributed by atoms with Gasteiger partial charge >= 0.3 is 7.60 Å². The van der Waals surface area contributed by atoms with Crippen molar-refractivity contribution in [1.29, 1.82) is 0 Å². The lowest BCUT2D eigenvalue weighted by Gasteiger charge is -2.14. The number of oxazole rings is 1. The van der Waals surface area contributed by atoms with Crippen molar-refractivity contribution in [2.24, 2.45) is 0 Å². The number of anilines is 1. The van der Waals surface area contributed by atoms with Crippen molar-refractivity contribution in [3.05, 3.63) is 42.5 Å². The Balaban J connectivity index is 2.16. The number of benzene rings is 2. The molecule has 0 fully saturated rings. The zero-order valence-corrected chi connectivity index (χ0v) is 15.4. The van der Waals surface area contributed by atoms with E-state index in [2.05, 4.69) is 10.3 Å². The van der Waals surface area contributed by atoms with Gasteiger partial charge in [-0.1, -0.05) is 36.4 Å². The monoisotopic (exact) mass is 360 g/mol. The normalized spacial score (nSPS) is 11.8. The predicted molar refractivity (Wildman–Crippen MR) is 99.5 cm³/mol. The fourth-order valence-electron chi connectivity index (χ4n) is 2.69. The first-order chi connectivity index (χ1) is 12.1. The third-order valence-electron chi connectivity index (χ3n) is 3.71. The summed E-state index contributed by atoms with van der Waals surface area (Å²) in [5.74, 6) is 0.656. The highest BCUT2D eigenvalue weighted by Gasteiger charge is 2.35. The summed E-state index contributed by atoms with van der Waals surface area (Å²) in [4.78, 5) is 4.47. The predicted octanol–water partition coefficient (Wildman–Crippen LogP) is 4.43. The van der Waals surface area contributed by atoms with Crippen molar-refractivity contribution in [2.75, 3.05) is 25.6 Å². The Kier molecular flexibility index (Phi) is 5.23. The molecule has 3 aromatic rings. The van der Waals surface area contributed by atoms with Crippen molar-refractivity contribution < 1.29 is 18.0 Å². The number of aromatic nitrogens is 1. The quantitative estimate of drug-likeness (QED) is 0.629. The molecule has 0 saturated carbocycles. The molecule has 2 aromatic carbocycles. The molecule has 3 rings (SSSR count). The Labute approximate surface area is 146 Å². The molecule has 7 heteroatoms. The van der Waals surface area contributed by atoms with Crippen LogP contribution in [0.25, 0.3) is 22.2 Å². The highest BCUT2D eigenvalue weighted by Crippen LogP contribution is 2.49. The maximum atomic E-state index is 13.1. The molecule has 0 bridgehead atoms. The molecule has 1 heterocycles. The van der Waals surface area contributed by atoms with Crippen LogP contribution in [0.15, 0.2) is 46.9 Å². The van der Waals surface area contributed by atoms with Crippen molar-refractivity contribution in [3.63, 3.8) is 0 Å². The van der Waals surface area contributed by atoms with Crippen LogP contribution in [-0.4, -0.2) is 25.2 Å². The lowest BCUT2D eigenvalue weighted by atomic mass is 10.0. The van der Waals surface area contributed by atoms with E-state index in [-0.39, 0.29) is 24.5 Å². The first kappa shape index (κ1) is 17.7. The van der Waals surface area contributed by atoms with Gasteiger partial charge in [-0.05, 0) is 30.7 Å². The van der Waals surface area contributed by atoms with Crippen molar-refractivity contribution in [2.45, 2.75) is 13.8 Å². The number of hydrogen-bond acceptors (Lipinski definition) is 6.